The Bertz CT molecular complexity index is 318. The van der Waals surface area contributed by atoms with Crippen molar-refractivity contribution in [1.29, 1.82) is 0 Å². The van der Waals surface area contributed by atoms with Gasteiger partial charge in [-0.15, -0.1) is 0 Å². The number of hydrogen-bond acceptors (Lipinski definition) is 2. The van der Waals surface area contributed by atoms with Gasteiger partial charge >= 0.3 is 0 Å². The zero-order chi connectivity index (χ0) is 13.1. The van der Waals surface area contributed by atoms with Gasteiger partial charge in [0.15, 0.2) is 0 Å². The van der Waals surface area contributed by atoms with E-state index in [4.69, 9.17) is 0 Å². The lowest BCUT2D eigenvalue weighted by atomic mass is 9.91. The van der Waals surface area contributed by atoms with Crippen LogP contribution in [0.3, 0.4) is 0 Å². The van der Waals surface area contributed by atoms with Gasteiger partial charge in [0.2, 0.25) is 11.8 Å². The maximum atomic E-state index is 12.4. The van der Waals surface area contributed by atoms with Crippen molar-refractivity contribution in [2.75, 3.05) is 19.6 Å². The smallest absolute Gasteiger partial charge is 0.229 e. The fraction of sp³-hybridized carbons (Fsp3) is 0.857. The first-order valence-corrected chi connectivity index (χ1v) is 7.19. The van der Waals surface area contributed by atoms with Gasteiger partial charge in [-0.25, -0.2) is 0 Å². The minimum absolute atomic E-state index is 0.0516. The van der Waals surface area contributed by atoms with E-state index in [2.05, 4.69) is 11.8 Å². The predicted molar refractivity (Wildman–Crippen MR) is 70.0 cm³/mol. The van der Waals surface area contributed by atoms with Gasteiger partial charge in [0.05, 0.1) is 5.92 Å². The van der Waals surface area contributed by atoms with Crippen LogP contribution in [0.25, 0.3) is 0 Å². The minimum atomic E-state index is 0.0516. The molecule has 1 aliphatic heterocycles. The highest BCUT2D eigenvalue weighted by Gasteiger charge is 2.38. The molecule has 18 heavy (non-hydrogen) atoms. The molecular formula is C14H24N2O2. The summed E-state index contributed by atoms with van der Waals surface area (Å²) < 4.78 is 0. The van der Waals surface area contributed by atoms with Crippen molar-refractivity contribution in [2.45, 2.75) is 52.0 Å². The van der Waals surface area contributed by atoms with Crippen LogP contribution in [-0.4, -0.2) is 47.3 Å². The van der Waals surface area contributed by atoms with Crippen molar-refractivity contribution in [3.63, 3.8) is 0 Å². The maximum Gasteiger partial charge on any atom is 0.229 e. The van der Waals surface area contributed by atoms with Crippen molar-refractivity contribution in [3.8, 4) is 0 Å². The van der Waals surface area contributed by atoms with Gasteiger partial charge in [0.25, 0.3) is 0 Å². The van der Waals surface area contributed by atoms with Crippen LogP contribution in [-0.2, 0) is 9.59 Å². The topological polar surface area (TPSA) is 40.6 Å². The van der Waals surface area contributed by atoms with Gasteiger partial charge in [-0.05, 0) is 19.8 Å². The standard InChI is InChI=1S/C14H24N2O2/c1-3-16(13-7-5-4-6-8-13)14(18)12-9-15(10-12)11(2)17/h12-13H,3-10H2,1-2H3. The highest BCUT2D eigenvalue weighted by molar-refractivity contribution is 5.84. The first kappa shape index (κ1) is 13.4. The molecular weight excluding hydrogens is 228 g/mol. The summed E-state index contributed by atoms with van der Waals surface area (Å²) in [7, 11) is 0. The molecule has 0 N–H and O–H groups in total. The molecule has 1 heterocycles. The van der Waals surface area contributed by atoms with Crippen LogP contribution in [0.1, 0.15) is 46.0 Å². The summed E-state index contributed by atoms with van der Waals surface area (Å²) in [5, 5.41) is 0. The third-order valence-electron chi connectivity index (χ3n) is 4.32. The molecule has 1 saturated heterocycles. The largest absolute Gasteiger partial charge is 0.341 e. The monoisotopic (exact) mass is 252 g/mol. The summed E-state index contributed by atoms with van der Waals surface area (Å²) >= 11 is 0. The quantitative estimate of drug-likeness (QED) is 0.766. The van der Waals surface area contributed by atoms with Crippen LogP contribution in [0.4, 0.5) is 0 Å². The lowest BCUT2D eigenvalue weighted by molar-refractivity contribution is -0.149. The number of nitrogens with zero attached hydrogens (tertiary/aromatic N) is 2. The fourth-order valence-electron chi connectivity index (χ4n) is 3.11. The number of carbonyl (C=O) groups is 2. The van der Waals surface area contributed by atoms with Crippen LogP contribution >= 0.6 is 0 Å². The Labute approximate surface area is 109 Å². The third-order valence-corrected chi connectivity index (χ3v) is 4.32. The van der Waals surface area contributed by atoms with Crippen LogP contribution in [0.5, 0.6) is 0 Å². The molecule has 0 radical (unpaired) electrons. The summed E-state index contributed by atoms with van der Waals surface area (Å²) in [5.41, 5.74) is 0. The molecule has 0 unspecified atom stereocenters. The summed E-state index contributed by atoms with van der Waals surface area (Å²) in [6.07, 6.45) is 6.12. The van der Waals surface area contributed by atoms with E-state index in [1.165, 1.54) is 19.3 Å². The lowest BCUT2D eigenvalue weighted by Gasteiger charge is -2.42. The van der Waals surface area contributed by atoms with E-state index in [0.717, 1.165) is 19.4 Å². The Morgan fingerprint density at radius 3 is 2.28 bits per heavy atom. The second-order valence-electron chi connectivity index (χ2n) is 5.54. The number of hydrogen-bond donors (Lipinski definition) is 0. The van der Waals surface area contributed by atoms with Gasteiger partial charge in [-0.3, -0.25) is 9.59 Å². The van der Waals surface area contributed by atoms with Crippen LogP contribution < -0.4 is 0 Å². The summed E-state index contributed by atoms with van der Waals surface area (Å²) in [4.78, 5) is 27.4. The Morgan fingerprint density at radius 2 is 1.78 bits per heavy atom. The van der Waals surface area contributed by atoms with E-state index in [1.54, 1.807) is 11.8 Å². The average Bonchev–Trinajstić information content (AvgIpc) is 2.29. The first-order valence-electron chi connectivity index (χ1n) is 7.19. The Kier molecular flexibility index (Phi) is 4.25. The highest BCUT2D eigenvalue weighted by Crippen LogP contribution is 2.26. The summed E-state index contributed by atoms with van der Waals surface area (Å²) in [6.45, 7) is 5.68. The zero-order valence-corrected chi connectivity index (χ0v) is 11.5. The maximum absolute atomic E-state index is 12.4. The van der Waals surface area contributed by atoms with Crippen molar-refractivity contribution >= 4 is 11.8 Å². The predicted octanol–water partition coefficient (Wildman–Crippen LogP) is 1.65. The molecule has 2 rings (SSSR count). The molecule has 2 aliphatic rings. The van der Waals surface area contributed by atoms with Crippen molar-refractivity contribution < 1.29 is 9.59 Å². The average molecular weight is 252 g/mol. The first-order chi connectivity index (χ1) is 8.63. The van der Waals surface area contributed by atoms with Gasteiger partial charge in [-0.1, -0.05) is 19.3 Å². The molecule has 0 spiro atoms. The van der Waals surface area contributed by atoms with E-state index in [0.29, 0.717) is 19.1 Å². The molecule has 2 fully saturated rings. The van der Waals surface area contributed by atoms with Crippen molar-refractivity contribution in [2.24, 2.45) is 5.92 Å². The van der Waals surface area contributed by atoms with Crippen LogP contribution in [0.15, 0.2) is 0 Å². The van der Waals surface area contributed by atoms with Gasteiger partial charge in [0, 0.05) is 32.6 Å². The minimum Gasteiger partial charge on any atom is -0.341 e. The number of rotatable bonds is 3. The number of likely N-dealkylation sites (tertiary alicyclic amines) is 1. The van der Waals surface area contributed by atoms with Gasteiger partial charge in [-0.2, -0.15) is 0 Å². The molecule has 0 aromatic rings. The second kappa shape index (κ2) is 5.72. The fourth-order valence-corrected chi connectivity index (χ4v) is 3.11. The SMILES string of the molecule is CCN(C(=O)C1CN(C(C)=O)C1)C1CCCCC1. The molecule has 4 nitrogen and oxygen atoms in total. The lowest BCUT2D eigenvalue weighted by Crippen LogP contribution is -2.57. The van der Waals surface area contributed by atoms with Gasteiger partial charge < -0.3 is 9.80 Å². The Morgan fingerprint density at radius 1 is 1.17 bits per heavy atom. The van der Waals surface area contributed by atoms with Crippen molar-refractivity contribution in [1.82, 2.24) is 9.80 Å². The summed E-state index contributed by atoms with van der Waals surface area (Å²) in [5.74, 6) is 0.400. The normalized spacial score (nSPS) is 21.6. The zero-order valence-electron chi connectivity index (χ0n) is 11.5. The third kappa shape index (κ3) is 2.68. The van der Waals surface area contributed by atoms with E-state index in [9.17, 15) is 9.59 Å². The van der Waals surface area contributed by atoms with Gasteiger partial charge in [0.1, 0.15) is 0 Å². The highest BCUT2D eigenvalue weighted by atomic mass is 16.2. The van der Waals surface area contributed by atoms with Crippen molar-refractivity contribution in [3.05, 3.63) is 0 Å². The van der Waals surface area contributed by atoms with Crippen LogP contribution in [0, 0.1) is 5.92 Å². The van der Waals surface area contributed by atoms with E-state index < -0.39 is 0 Å². The van der Waals surface area contributed by atoms with E-state index in [1.807, 2.05) is 0 Å². The number of amides is 2. The Balaban J connectivity index is 1.88. The second-order valence-corrected chi connectivity index (χ2v) is 5.54. The molecule has 1 saturated carbocycles. The van der Waals surface area contributed by atoms with E-state index in [-0.39, 0.29) is 17.7 Å². The Hall–Kier alpha value is -1.06. The molecule has 0 aromatic carbocycles. The molecule has 102 valence electrons. The van der Waals surface area contributed by atoms with E-state index >= 15 is 0 Å². The van der Waals surface area contributed by atoms with Crippen LogP contribution in [0.2, 0.25) is 0 Å². The molecule has 2 amide bonds. The molecule has 1 aliphatic carbocycles. The molecule has 0 atom stereocenters. The summed E-state index contributed by atoms with van der Waals surface area (Å²) in [6, 6.07) is 0.447. The molecule has 4 heteroatoms. The molecule has 0 aromatic heterocycles. The number of carbonyl (C=O) groups excluding carboxylic acids is 2. The molecule has 0 bridgehead atoms.